The quantitative estimate of drug-likeness (QED) is 0.123. The summed E-state index contributed by atoms with van der Waals surface area (Å²) in [5.41, 5.74) is 1.05. The molecule has 0 bridgehead atoms. The fourth-order valence-electron chi connectivity index (χ4n) is 10.4. The van der Waals surface area contributed by atoms with Crippen molar-refractivity contribution in [2.75, 3.05) is 0 Å². The topological polar surface area (TPSA) is 40.5 Å². The summed E-state index contributed by atoms with van der Waals surface area (Å²) >= 11 is 19.5. The van der Waals surface area contributed by atoms with E-state index in [2.05, 4.69) is 127 Å². The minimum atomic E-state index is -6.06. The first-order valence-electron chi connectivity index (χ1n) is 28.1. The lowest BCUT2D eigenvalue weighted by atomic mass is 9.70. The molecular formula is C69H42B2Br4F14O2S4. The van der Waals surface area contributed by atoms with E-state index in [0.29, 0.717) is 37.5 Å². The van der Waals surface area contributed by atoms with Crippen LogP contribution in [-0.2, 0) is 5.41 Å². The lowest BCUT2D eigenvalue weighted by molar-refractivity contribution is -0.271. The highest BCUT2D eigenvalue weighted by molar-refractivity contribution is 9.14. The van der Waals surface area contributed by atoms with Crippen LogP contribution in [0.15, 0.2) is 265 Å². The van der Waals surface area contributed by atoms with Gasteiger partial charge in [0.1, 0.15) is 0 Å². The average molecular weight is 1640 g/mol. The third kappa shape index (κ3) is 13.6. The van der Waals surface area contributed by atoms with Gasteiger partial charge in [0.05, 0.1) is 13.0 Å². The molecule has 3 aliphatic carbocycles. The van der Waals surface area contributed by atoms with E-state index in [4.69, 9.17) is 11.4 Å². The third-order valence-corrected chi connectivity index (χ3v) is 23.4. The number of hydrogen-bond acceptors (Lipinski definition) is 6. The van der Waals surface area contributed by atoms with Crippen molar-refractivity contribution >= 4 is 141 Å². The number of benzene rings is 7. The molecule has 2 nitrogen and oxygen atoms in total. The van der Waals surface area contributed by atoms with Gasteiger partial charge in [-0.25, -0.2) is 8.78 Å². The molecule has 0 saturated heterocycles. The summed E-state index contributed by atoms with van der Waals surface area (Å²) < 4.78 is 201. The van der Waals surface area contributed by atoms with Crippen LogP contribution in [0.2, 0.25) is 0 Å². The van der Waals surface area contributed by atoms with Gasteiger partial charge in [0, 0.05) is 68.9 Å². The standard InChI is InChI=1S/C38H22F6S2.C16H11BrS.C6H7BO2.C5F8.C4HBr3S.BH/c39-36(40)31-27-21-29(23-13-5-1-6-14-23)45-33(27)35(25-17-9-3-10-18-25,26-19-11-4-12-20-26)34-28(32(31)37(41,42)38(36,43)44)22-30(46-34)24-15-7-2-8-16-24;17-14-11-15(12-7-3-1-4-8-12)18-16(14)13-9-5-2-6-10-13;8-7(9)6-4-2-1-3-5-6;6-1-2(7)4(10,11)5(12,13)3(1,8)9;5-2-1-3(6)8-4(2)7;/h1-22H;1-11H;1-5,8-9H;;1H;1H/i;;;;;1T. The van der Waals surface area contributed by atoms with Crippen LogP contribution >= 0.6 is 109 Å². The zero-order valence-electron chi connectivity index (χ0n) is 49.0. The Morgan fingerprint density at radius 3 is 0.968 bits per heavy atom. The molecule has 7 aromatic carbocycles. The van der Waals surface area contributed by atoms with Crippen LogP contribution in [0.25, 0.3) is 52.9 Å². The van der Waals surface area contributed by atoms with Gasteiger partial charge in [-0.1, -0.05) is 212 Å². The number of fused-ring (bicyclic) bond motifs is 4. The predicted molar refractivity (Wildman–Crippen MR) is 371 cm³/mol. The minimum Gasteiger partial charge on any atom is -0.423 e. The smallest absolute Gasteiger partial charge is 0.423 e. The summed E-state index contributed by atoms with van der Waals surface area (Å²) in [4.78, 5) is 4.16. The molecule has 0 unspecified atom stereocenters. The molecule has 486 valence electrons. The SMILES string of the molecule is Brc1cc(-c2ccccc2)sc1-c1ccccc1.Brc1cc(Br)c(Br)s1.FC1(F)C2=C(c3cc(-c4ccccc4)sc3C(c3ccccc3)(c3ccccc3)c3sc(-c4ccccc4)cc32)C(F)(F)C1(F)F.FC1=C(F)C(F)(F)C(F)(F)C1(F)F.OB(O)c1ccccc1.[3H][B]. The predicted octanol–water partition coefficient (Wildman–Crippen LogP) is 23.3. The lowest BCUT2D eigenvalue weighted by Crippen LogP contribution is -2.49. The molecule has 2 radical (unpaired) electrons. The zero-order chi connectivity index (χ0) is 69.8. The number of thiophene rings is 4. The molecule has 26 heteroatoms. The fraction of sp³-hybridized carbons (Fsp3) is 0.101. The van der Waals surface area contributed by atoms with Crippen LogP contribution in [0, 0.1) is 0 Å². The van der Waals surface area contributed by atoms with Gasteiger partial charge < -0.3 is 10.0 Å². The maximum atomic E-state index is 16.2. The minimum absolute atomic E-state index is 0.282. The van der Waals surface area contributed by atoms with Crippen molar-refractivity contribution < 1.29 is 71.5 Å². The van der Waals surface area contributed by atoms with Crippen molar-refractivity contribution in [1.29, 1.82) is 1.34 Å². The van der Waals surface area contributed by atoms with Gasteiger partial charge in [-0.05, 0) is 128 Å². The van der Waals surface area contributed by atoms with Crippen LogP contribution < -0.4 is 5.46 Å². The molecule has 3 aliphatic rings. The van der Waals surface area contributed by atoms with Crippen molar-refractivity contribution in [3.63, 3.8) is 0 Å². The highest BCUT2D eigenvalue weighted by atomic mass is 79.9. The average Bonchev–Trinajstić information content (AvgIpc) is 1.50. The molecule has 2 N–H and O–H groups in total. The molecule has 4 heterocycles. The highest BCUT2D eigenvalue weighted by Gasteiger charge is 2.83. The Balaban J connectivity index is 0.000000175. The first-order chi connectivity index (χ1) is 45.5. The molecule has 0 atom stereocenters. The Hall–Kier alpha value is -6.19. The van der Waals surface area contributed by atoms with Crippen LogP contribution in [0.3, 0.4) is 0 Å². The lowest BCUT2D eigenvalue weighted by Gasteiger charge is -2.36. The van der Waals surface area contributed by atoms with Crippen molar-refractivity contribution in [3.05, 3.63) is 297 Å². The van der Waals surface area contributed by atoms with Crippen molar-refractivity contribution in [3.8, 4) is 41.8 Å². The van der Waals surface area contributed by atoms with Gasteiger partial charge in [0.15, 0.2) is 0 Å². The normalized spacial score (nSPS) is 16.7. The zero-order valence-corrected chi connectivity index (χ0v) is 57.6. The molecule has 0 aliphatic heterocycles. The Labute approximate surface area is 588 Å². The molecular weight excluding hydrogens is 1600 g/mol. The highest BCUT2D eigenvalue weighted by Crippen LogP contribution is 2.70. The van der Waals surface area contributed by atoms with Gasteiger partial charge in [-0.3, -0.25) is 0 Å². The number of rotatable bonds is 7. The van der Waals surface area contributed by atoms with Gasteiger partial charge in [0.25, 0.3) is 0 Å². The van der Waals surface area contributed by atoms with Gasteiger partial charge >= 0.3 is 42.7 Å². The molecule has 11 aromatic rings. The van der Waals surface area contributed by atoms with Crippen molar-refractivity contribution in [2.24, 2.45) is 0 Å². The third-order valence-electron chi connectivity index (χ3n) is 14.9. The summed E-state index contributed by atoms with van der Waals surface area (Å²) in [7, 11) is 2.41. The van der Waals surface area contributed by atoms with E-state index in [9.17, 15) is 35.1 Å². The van der Waals surface area contributed by atoms with E-state index in [1.807, 2.05) is 72.0 Å². The van der Waals surface area contributed by atoms with E-state index in [1.165, 1.54) is 55.7 Å². The summed E-state index contributed by atoms with van der Waals surface area (Å²) in [6, 6.07) is 72.7. The summed E-state index contributed by atoms with van der Waals surface area (Å²) in [6.45, 7) is 0. The van der Waals surface area contributed by atoms with Crippen molar-refractivity contribution in [1.82, 2.24) is 0 Å². The number of hydrogen-bond donors (Lipinski definition) is 2. The molecule has 0 spiro atoms. The van der Waals surface area contributed by atoms with Crippen LogP contribution in [0.5, 0.6) is 0 Å². The molecule has 4 aromatic heterocycles. The van der Waals surface area contributed by atoms with Crippen LogP contribution in [-0.4, -0.2) is 62.4 Å². The van der Waals surface area contributed by atoms with Crippen molar-refractivity contribution in [2.45, 2.75) is 41.0 Å². The maximum absolute atomic E-state index is 16.2. The number of halogens is 18. The van der Waals surface area contributed by atoms with Crippen LogP contribution in [0.1, 0.15) is 32.0 Å². The van der Waals surface area contributed by atoms with Gasteiger partial charge in [0.2, 0.25) is 11.7 Å². The molecule has 95 heavy (non-hydrogen) atoms. The second-order valence-electron chi connectivity index (χ2n) is 20.7. The molecule has 14 rings (SSSR count). The Morgan fingerprint density at radius 2 is 0.684 bits per heavy atom. The fourth-order valence-corrected chi connectivity index (χ4v) is 18.6. The number of allylic oxidation sites excluding steroid dienone is 4. The Kier molecular flexibility index (Phi) is 21.9. The number of alkyl halides is 12. The van der Waals surface area contributed by atoms with E-state index >= 15 is 26.3 Å². The van der Waals surface area contributed by atoms with Gasteiger partial charge in [-0.15, -0.1) is 45.3 Å². The first kappa shape index (κ1) is 71.6. The second-order valence-corrected chi connectivity index (χ2v) is 29.3. The summed E-state index contributed by atoms with van der Waals surface area (Å²) in [6.07, 6.45) is 0. The Morgan fingerprint density at radius 1 is 0.368 bits per heavy atom. The van der Waals surface area contributed by atoms with Gasteiger partial charge in [-0.2, -0.15) is 52.7 Å². The Bertz CT molecular complexity index is 4320. The molecule has 0 saturated carbocycles. The van der Waals surface area contributed by atoms with E-state index < -0.39 is 70.9 Å². The van der Waals surface area contributed by atoms with E-state index in [-0.39, 0.29) is 20.9 Å². The molecule has 0 amide bonds. The van der Waals surface area contributed by atoms with E-state index in [0.717, 1.165) is 16.5 Å². The maximum Gasteiger partial charge on any atom is 0.488 e. The summed E-state index contributed by atoms with van der Waals surface area (Å²) in [5.74, 6) is -40.4. The van der Waals surface area contributed by atoms with Crippen LogP contribution in [0.4, 0.5) is 61.5 Å². The monoisotopic (exact) mass is 1640 g/mol. The van der Waals surface area contributed by atoms with E-state index in [1.54, 1.807) is 121 Å². The largest absolute Gasteiger partial charge is 0.488 e. The first-order valence-corrected chi connectivity index (χ1v) is 34.0. The summed E-state index contributed by atoms with van der Waals surface area (Å²) in [5, 5.41) is 17.2. The molecule has 0 fully saturated rings. The second kappa shape index (κ2) is 29.1.